The van der Waals surface area contributed by atoms with E-state index in [2.05, 4.69) is 4.74 Å². The maximum absolute atomic E-state index is 11.1. The van der Waals surface area contributed by atoms with Gasteiger partial charge in [0.2, 0.25) is 0 Å². The van der Waals surface area contributed by atoms with E-state index in [1.807, 2.05) is 0 Å². The minimum absolute atomic E-state index is 0.231. The van der Waals surface area contributed by atoms with Crippen LogP contribution in [-0.2, 0) is 14.3 Å². The van der Waals surface area contributed by atoms with Crippen molar-refractivity contribution in [1.82, 2.24) is 0 Å². The van der Waals surface area contributed by atoms with Crippen LogP contribution >= 0.6 is 0 Å². The van der Waals surface area contributed by atoms with E-state index in [-0.39, 0.29) is 11.9 Å². The third-order valence-corrected chi connectivity index (χ3v) is 2.53. The molecule has 1 fully saturated rings. The van der Waals surface area contributed by atoms with Gasteiger partial charge in [0.15, 0.2) is 0 Å². The van der Waals surface area contributed by atoms with Crippen molar-refractivity contribution in [1.29, 1.82) is 0 Å². The van der Waals surface area contributed by atoms with Gasteiger partial charge in [-0.2, -0.15) is 0 Å². The average Bonchev–Trinajstić information content (AvgIpc) is 2.58. The molecule has 0 saturated heterocycles. The molecule has 0 radical (unpaired) electrons. The minimum Gasteiger partial charge on any atom is -0.468 e. The molecule has 0 aromatic carbocycles. The standard InChI is InChI=1S/C9H14O3/c1-12-9(11)8(6-10)7-4-2-3-5-7/h6-8H,2-5H2,1H3. The molecule has 1 unspecified atom stereocenters. The topological polar surface area (TPSA) is 43.4 Å². The molecule has 3 nitrogen and oxygen atoms in total. The predicted octanol–water partition coefficient (Wildman–Crippen LogP) is 1.16. The van der Waals surface area contributed by atoms with Crippen molar-refractivity contribution in [2.24, 2.45) is 11.8 Å². The Labute approximate surface area is 72.1 Å². The number of aldehydes is 1. The molecule has 0 aromatic rings. The van der Waals surface area contributed by atoms with E-state index < -0.39 is 5.92 Å². The molecule has 1 rings (SSSR count). The van der Waals surface area contributed by atoms with Crippen molar-refractivity contribution in [3.63, 3.8) is 0 Å². The van der Waals surface area contributed by atoms with Gasteiger partial charge in [0, 0.05) is 0 Å². The lowest BCUT2D eigenvalue weighted by atomic mass is 9.92. The highest BCUT2D eigenvalue weighted by Crippen LogP contribution is 2.30. The van der Waals surface area contributed by atoms with Gasteiger partial charge in [-0.15, -0.1) is 0 Å². The Kier molecular flexibility index (Phi) is 3.26. The second-order valence-corrected chi connectivity index (χ2v) is 3.23. The van der Waals surface area contributed by atoms with Crippen molar-refractivity contribution in [3.05, 3.63) is 0 Å². The molecule has 1 aliphatic rings. The maximum atomic E-state index is 11.1. The highest BCUT2D eigenvalue weighted by molar-refractivity contribution is 5.88. The van der Waals surface area contributed by atoms with Gasteiger partial charge >= 0.3 is 5.97 Å². The molecule has 0 N–H and O–H groups in total. The zero-order chi connectivity index (χ0) is 8.97. The zero-order valence-electron chi connectivity index (χ0n) is 7.29. The molecule has 1 saturated carbocycles. The van der Waals surface area contributed by atoms with E-state index >= 15 is 0 Å². The maximum Gasteiger partial charge on any atom is 0.316 e. The number of carbonyl (C=O) groups is 2. The lowest BCUT2D eigenvalue weighted by Gasteiger charge is -2.14. The van der Waals surface area contributed by atoms with Crippen LogP contribution in [0.25, 0.3) is 0 Å². The van der Waals surface area contributed by atoms with E-state index in [0.717, 1.165) is 32.0 Å². The first-order valence-electron chi connectivity index (χ1n) is 4.32. The number of hydrogen-bond donors (Lipinski definition) is 0. The van der Waals surface area contributed by atoms with E-state index in [1.165, 1.54) is 7.11 Å². The van der Waals surface area contributed by atoms with Crippen molar-refractivity contribution in [2.45, 2.75) is 25.7 Å². The first kappa shape index (κ1) is 9.23. The Morgan fingerprint density at radius 3 is 2.50 bits per heavy atom. The molecule has 3 heteroatoms. The van der Waals surface area contributed by atoms with Crippen molar-refractivity contribution in [2.75, 3.05) is 7.11 Å². The van der Waals surface area contributed by atoms with Gasteiger partial charge in [0.1, 0.15) is 12.2 Å². The summed E-state index contributed by atoms with van der Waals surface area (Å²) in [5.41, 5.74) is 0. The Morgan fingerprint density at radius 2 is 2.08 bits per heavy atom. The van der Waals surface area contributed by atoms with Crippen LogP contribution in [0.2, 0.25) is 0 Å². The lowest BCUT2D eigenvalue weighted by molar-refractivity contribution is -0.148. The largest absolute Gasteiger partial charge is 0.468 e. The molecule has 0 heterocycles. The molecular weight excluding hydrogens is 156 g/mol. The van der Waals surface area contributed by atoms with Gasteiger partial charge in [-0.05, 0) is 18.8 Å². The molecule has 0 spiro atoms. The highest BCUT2D eigenvalue weighted by Gasteiger charge is 2.30. The van der Waals surface area contributed by atoms with Gasteiger partial charge in [0.05, 0.1) is 7.11 Å². The summed E-state index contributed by atoms with van der Waals surface area (Å²) in [6.45, 7) is 0. The first-order chi connectivity index (χ1) is 5.79. The quantitative estimate of drug-likeness (QED) is 0.362. The van der Waals surface area contributed by atoms with Crippen LogP contribution in [0.15, 0.2) is 0 Å². The van der Waals surface area contributed by atoms with Crippen LogP contribution in [0.5, 0.6) is 0 Å². The SMILES string of the molecule is COC(=O)C(C=O)C1CCCC1. The summed E-state index contributed by atoms with van der Waals surface area (Å²) in [6.07, 6.45) is 4.96. The average molecular weight is 170 g/mol. The van der Waals surface area contributed by atoms with Gasteiger partial charge in [-0.25, -0.2) is 0 Å². The van der Waals surface area contributed by atoms with Crippen molar-refractivity contribution >= 4 is 12.3 Å². The molecule has 12 heavy (non-hydrogen) atoms. The smallest absolute Gasteiger partial charge is 0.316 e. The summed E-state index contributed by atoms with van der Waals surface area (Å²) in [5.74, 6) is -0.663. The number of ether oxygens (including phenoxy) is 1. The second-order valence-electron chi connectivity index (χ2n) is 3.23. The molecular formula is C9H14O3. The summed E-state index contributed by atoms with van der Waals surface area (Å²) >= 11 is 0. The monoisotopic (exact) mass is 170 g/mol. The summed E-state index contributed by atoms with van der Waals surface area (Å²) in [6, 6.07) is 0. The van der Waals surface area contributed by atoms with E-state index in [1.54, 1.807) is 0 Å². The summed E-state index contributed by atoms with van der Waals surface area (Å²) in [5, 5.41) is 0. The van der Waals surface area contributed by atoms with Crippen LogP contribution < -0.4 is 0 Å². The highest BCUT2D eigenvalue weighted by atomic mass is 16.5. The Bertz CT molecular complexity index is 171. The summed E-state index contributed by atoms with van der Waals surface area (Å²) < 4.78 is 4.55. The molecule has 0 aromatic heterocycles. The Hall–Kier alpha value is -0.860. The van der Waals surface area contributed by atoms with Crippen LogP contribution in [0, 0.1) is 11.8 Å². The minimum atomic E-state index is -0.516. The fourth-order valence-electron chi connectivity index (χ4n) is 1.81. The molecule has 0 bridgehead atoms. The fourth-order valence-corrected chi connectivity index (χ4v) is 1.81. The third-order valence-electron chi connectivity index (χ3n) is 2.53. The van der Waals surface area contributed by atoms with Gasteiger partial charge in [-0.1, -0.05) is 12.8 Å². The second kappa shape index (κ2) is 4.24. The summed E-state index contributed by atoms with van der Waals surface area (Å²) in [7, 11) is 1.33. The van der Waals surface area contributed by atoms with Crippen LogP contribution in [-0.4, -0.2) is 19.4 Å². The number of hydrogen-bond acceptors (Lipinski definition) is 3. The molecule has 0 aliphatic heterocycles. The predicted molar refractivity (Wildman–Crippen MR) is 43.5 cm³/mol. The fraction of sp³-hybridized carbons (Fsp3) is 0.778. The summed E-state index contributed by atoms with van der Waals surface area (Å²) in [4.78, 5) is 21.7. The lowest BCUT2D eigenvalue weighted by Crippen LogP contribution is -2.24. The van der Waals surface area contributed by atoms with Crippen LogP contribution in [0.3, 0.4) is 0 Å². The molecule has 1 aliphatic carbocycles. The zero-order valence-corrected chi connectivity index (χ0v) is 7.29. The van der Waals surface area contributed by atoms with E-state index in [9.17, 15) is 9.59 Å². The van der Waals surface area contributed by atoms with Crippen molar-refractivity contribution < 1.29 is 14.3 Å². The Morgan fingerprint density at radius 1 is 1.50 bits per heavy atom. The van der Waals surface area contributed by atoms with E-state index in [0.29, 0.717) is 0 Å². The van der Waals surface area contributed by atoms with Crippen LogP contribution in [0.1, 0.15) is 25.7 Å². The third kappa shape index (κ3) is 1.84. The first-order valence-corrected chi connectivity index (χ1v) is 4.32. The number of esters is 1. The number of rotatable bonds is 3. The van der Waals surface area contributed by atoms with Gasteiger partial charge in [-0.3, -0.25) is 4.79 Å². The van der Waals surface area contributed by atoms with Gasteiger partial charge < -0.3 is 9.53 Å². The normalized spacial score (nSPS) is 20.4. The van der Waals surface area contributed by atoms with E-state index in [4.69, 9.17) is 0 Å². The van der Waals surface area contributed by atoms with Crippen molar-refractivity contribution in [3.8, 4) is 0 Å². The Balaban J connectivity index is 2.54. The molecule has 0 amide bonds. The van der Waals surface area contributed by atoms with Crippen LogP contribution in [0.4, 0.5) is 0 Å². The molecule has 68 valence electrons. The van der Waals surface area contributed by atoms with Gasteiger partial charge in [0.25, 0.3) is 0 Å². The molecule has 1 atom stereocenters. The number of carbonyl (C=O) groups excluding carboxylic acids is 2. The number of methoxy groups -OCH3 is 1.